The van der Waals surface area contributed by atoms with Crippen molar-refractivity contribution in [2.75, 3.05) is 6.61 Å². The van der Waals surface area contributed by atoms with Crippen LogP contribution in [-0.4, -0.2) is 27.3 Å². The first-order valence-electron chi connectivity index (χ1n) is 7.87. The molecule has 4 rings (SSSR count). The maximum absolute atomic E-state index is 12.2. The minimum atomic E-state index is -0.289. The number of esters is 1. The molecule has 0 aliphatic heterocycles. The van der Waals surface area contributed by atoms with Crippen LogP contribution in [0.4, 0.5) is 0 Å². The summed E-state index contributed by atoms with van der Waals surface area (Å²) >= 11 is 0. The molecule has 3 aromatic rings. The SMILES string of the molecule is CCOC(=O)c1cnn(-c2cccc3cnccc23)c1C1CC1. The number of fused-ring (bicyclic) bond motifs is 1. The summed E-state index contributed by atoms with van der Waals surface area (Å²) in [5.74, 6) is 0.0940. The molecular weight excluding hydrogens is 290 g/mol. The van der Waals surface area contributed by atoms with Crippen LogP contribution in [0.1, 0.15) is 41.7 Å². The van der Waals surface area contributed by atoms with Gasteiger partial charge in [-0.1, -0.05) is 12.1 Å². The standard InChI is InChI=1S/C18H17N3O2/c1-2-23-18(22)15-11-20-21(17(15)12-6-7-12)16-5-3-4-13-10-19-9-8-14(13)16/h3-5,8-12H,2,6-7H2,1H3. The topological polar surface area (TPSA) is 57.0 Å². The maximum Gasteiger partial charge on any atom is 0.341 e. The van der Waals surface area contributed by atoms with Crippen molar-refractivity contribution in [3.8, 4) is 5.69 Å². The van der Waals surface area contributed by atoms with E-state index in [2.05, 4.69) is 10.1 Å². The van der Waals surface area contributed by atoms with Gasteiger partial charge in [-0.3, -0.25) is 4.98 Å². The number of aromatic nitrogens is 3. The van der Waals surface area contributed by atoms with E-state index in [0.29, 0.717) is 18.1 Å². The van der Waals surface area contributed by atoms with E-state index in [4.69, 9.17) is 4.74 Å². The molecule has 0 amide bonds. The number of hydrogen-bond acceptors (Lipinski definition) is 4. The van der Waals surface area contributed by atoms with Gasteiger partial charge in [-0.05, 0) is 31.9 Å². The predicted molar refractivity (Wildman–Crippen MR) is 86.8 cm³/mol. The molecule has 5 nitrogen and oxygen atoms in total. The lowest BCUT2D eigenvalue weighted by molar-refractivity contribution is 0.0525. The average molecular weight is 307 g/mol. The Labute approximate surface area is 133 Å². The molecule has 1 saturated carbocycles. The van der Waals surface area contributed by atoms with E-state index in [9.17, 15) is 4.79 Å². The van der Waals surface area contributed by atoms with E-state index in [0.717, 1.165) is 35.0 Å². The van der Waals surface area contributed by atoms with Crippen molar-refractivity contribution in [2.45, 2.75) is 25.7 Å². The predicted octanol–water partition coefficient (Wildman–Crippen LogP) is 3.47. The summed E-state index contributed by atoms with van der Waals surface area (Å²) in [5, 5.41) is 6.62. The minimum Gasteiger partial charge on any atom is -0.462 e. The van der Waals surface area contributed by atoms with Crippen LogP contribution in [0, 0.1) is 0 Å². The number of benzene rings is 1. The lowest BCUT2D eigenvalue weighted by Gasteiger charge is -2.11. The second-order valence-electron chi connectivity index (χ2n) is 5.72. The molecule has 116 valence electrons. The third-order valence-electron chi connectivity index (χ3n) is 4.15. The zero-order chi connectivity index (χ0) is 15.8. The van der Waals surface area contributed by atoms with Crippen LogP contribution in [-0.2, 0) is 4.74 Å². The Balaban J connectivity index is 1.90. The molecule has 5 heteroatoms. The molecular formula is C18H17N3O2. The van der Waals surface area contributed by atoms with Crippen LogP contribution in [0.2, 0.25) is 0 Å². The lowest BCUT2D eigenvalue weighted by atomic mass is 10.1. The first-order valence-corrected chi connectivity index (χ1v) is 7.87. The molecule has 0 bridgehead atoms. The Kier molecular flexibility index (Phi) is 3.33. The Morgan fingerprint density at radius 3 is 2.96 bits per heavy atom. The molecule has 2 aromatic heterocycles. The molecule has 0 N–H and O–H groups in total. The molecule has 2 heterocycles. The summed E-state index contributed by atoms with van der Waals surface area (Å²) in [6.07, 6.45) is 7.42. The summed E-state index contributed by atoms with van der Waals surface area (Å²) in [6.45, 7) is 2.19. The fourth-order valence-electron chi connectivity index (χ4n) is 2.96. The Morgan fingerprint density at radius 2 is 2.17 bits per heavy atom. The van der Waals surface area contributed by atoms with Crippen LogP contribution >= 0.6 is 0 Å². The summed E-state index contributed by atoms with van der Waals surface area (Å²) in [4.78, 5) is 16.4. The number of carbonyl (C=O) groups excluding carboxylic acids is 1. The van der Waals surface area contributed by atoms with Crippen molar-refractivity contribution >= 4 is 16.7 Å². The minimum absolute atomic E-state index is 0.289. The highest BCUT2D eigenvalue weighted by molar-refractivity contribution is 5.92. The number of ether oxygens (including phenoxy) is 1. The van der Waals surface area contributed by atoms with Gasteiger partial charge in [0, 0.05) is 29.1 Å². The number of carbonyl (C=O) groups is 1. The zero-order valence-electron chi connectivity index (χ0n) is 12.9. The summed E-state index contributed by atoms with van der Waals surface area (Å²) < 4.78 is 7.08. The normalized spacial score (nSPS) is 14.1. The van der Waals surface area contributed by atoms with Gasteiger partial charge in [-0.25, -0.2) is 9.48 Å². The number of hydrogen-bond donors (Lipinski definition) is 0. The molecule has 1 aromatic carbocycles. The Bertz CT molecular complexity index is 876. The molecule has 1 aliphatic carbocycles. The van der Waals surface area contributed by atoms with Crippen molar-refractivity contribution in [2.24, 2.45) is 0 Å². The van der Waals surface area contributed by atoms with Crippen LogP contribution in [0.15, 0.2) is 42.9 Å². The molecule has 0 atom stereocenters. The van der Waals surface area contributed by atoms with E-state index < -0.39 is 0 Å². The van der Waals surface area contributed by atoms with Gasteiger partial charge in [-0.15, -0.1) is 0 Å². The first kappa shape index (κ1) is 13.9. The highest BCUT2D eigenvalue weighted by atomic mass is 16.5. The van der Waals surface area contributed by atoms with E-state index in [1.807, 2.05) is 42.1 Å². The highest BCUT2D eigenvalue weighted by Crippen LogP contribution is 2.43. The number of rotatable bonds is 4. The van der Waals surface area contributed by atoms with E-state index >= 15 is 0 Å². The highest BCUT2D eigenvalue weighted by Gasteiger charge is 2.33. The van der Waals surface area contributed by atoms with E-state index in [1.54, 1.807) is 12.4 Å². The second kappa shape index (κ2) is 5.50. The third-order valence-corrected chi connectivity index (χ3v) is 4.15. The summed E-state index contributed by atoms with van der Waals surface area (Å²) in [7, 11) is 0. The van der Waals surface area contributed by atoms with Crippen molar-refractivity contribution in [1.82, 2.24) is 14.8 Å². The van der Waals surface area contributed by atoms with Crippen molar-refractivity contribution < 1.29 is 9.53 Å². The molecule has 0 saturated heterocycles. The van der Waals surface area contributed by atoms with Crippen molar-refractivity contribution in [3.63, 3.8) is 0 Å². The van der Waals surface area contributed by atoms with Gasteiger partial charge in [-0.2, -0.15) is 5.10 Å². The molecule has 23 heavy (non-hydrogen) atoms. The fraction of sp³-hybridized carbons (Fsp3) is 0.278. The zero-order valence-corrected chi connectivity index (χ0v) is 12.9. The van der Waals surface area contributed by atoms with Gasteiger partial charge in [0.15, 0.2) is 0 Å². The third kappa shape index (κ3) is 2.38. The molecule has 1 aliphatic rings. The van der Waals surface area contributed by atoms with Crippen molar-refractivity contribution in [3.05, 3.63) is 54.1 Å². The largest absolute Gasteiger partial charge is 0.462 e. The fourth-order valence-corrected chi connectivity index (χ4v) is 2.96. The van der Waals surface area contributed by atoms with Gasteiger partial charge >= 0.3 is 5.97 Å². The number of nitrogens with zero attached hydrogens (tertiary/aromatic N) is 3. The molecule has 1 fully saturated rings. The Morgan fingerprint density at radius 1 is 1.30 bits per heavy atom. The van der Waals surface area contributed by atoms with Crippen LogP contribution in [0.5, 0.6) is 0 Å². The van der Waals surface area contributed by atoms with Crippen LogP contribution in [0.25, 0.3) is 16.5 Å². The quantitative estimate of drug-likeness (QED) is 0.692. The summed E-state index contributed by atoms with van der Waals surface area (Å²) in [5.41, 5.74) is 2.52. The van der Waals surface area contributed by atoms with Gasteiger partial charge in [0.25, 0.3) is 0 Å². The smallest absolute Gasteiger partial charge is 0.341 e. The average Bonchev–Trinajstić information content (AvgIpc) is 3.33. The molecule has 0 spiro atoms. The van der Waals surface area contributed by atoms with Gasteiger partial charge in [0.2, 0.25) is 0 Å². The van der Waals surface area contributed by atoms with Crippen LogP contribution in [0.3, 0.4) is 0 Å². The lowest BCUT2D eigenvalue weighted by Crippen LogP contribution is -2.09. The van der Waals surface area contributed by atoms with Gasteiger partial charge in [0.05, 0.1) is 24.2 Å². The molecule has 0 radical (unpaired) electrons. The van der Waals surface area contributed by atoms with Crippen molar-refractivity contribution in [1.29, 1.82) is 0 Å². The van der Waals surface area contributed by atoms with E-state index in [1.165, 1.54) is 0 Å². The van der Waals surface area contributed by atoms with E-state index in [-0.39, 0.29) is 5.97 Å². The second-order valence-corrected chi connectivity index (χ2v) is 5.72. The first-order chi connectivity index (χ1) is 11.3. The number of pyridine rings is 1. The maximum atomic E-state index is 12.2. The summed E-state index contributed by atoms with van der Waals surface area (Å²) in [6, 6.07) is 8.02. The molecule has 0 unspecified atom stereocenters. The van der Waals surface area contributed by atoms with Gasteiger partial charge in [0.1, 0.15) is 5.56 Å². The monoisotopic (exact) mass is 307 g/mol. The van der Waals surface area contributed by atoms with Crippen LogP contribution < -0.4 is 0 Å². The van der Waals surface area contributed by atoms with Gasteiger partial charge < -0.3 is 4.74 Å². The Hall–Kier alpha value is -2.69.